The van der Waals surface area contributed by atoms with Gasteiger partial charge in [-0.25, -0.2) is 0 Å². The molecule has 0 aromatic heterocycles. The molecular formula is C40H79N3O4S. The number of nitrogens with zero attached hydrogens (tertiary/aromatic N) is 2. The highest BCUT2D eigenvalue weighted by atomic mass is 32.2. The van der Waals surface area contributed by atoms with Crippen LogP contribution < -0.4 is 5.32 Å². The van der Waals surface area contributed by atoms with Crippen molar-refractivity contribution in [1.82, 2.24) is 15.1 Å². The fraction of sp³-hybridized carbons (Fsp3) is 0.925. The van der Waals surface area contributed by atoms with E-state index in [1.165, 1.54) is 103 Å². The number of nitrogens with one attached hydrogen (secondary N) is 1. The zero-order chi connectivity index (χ0) is 35.7. The first-order valence-electron chi connectivity index (χ1n) is 20.2. The van der Waals surface area contributed by atoms with Gasteiger partial charge in [0.15, 0.2) is 0 Å². The number of hydrogen-bond acceptors (Lipinski definition) is 6. The Hall–Kier alpha value is -1.28. The lowest BCUT2D eigenvalue weighted by atomic mass is 9.92. The van der Waals surface area contributed by atoms with Gasteiger partial charge in [0.05, 0.1) is 13.0 Å². The van der Waals surface area contributed by atoms with Crippen molar-refractivity contribution in [2.45, 2.75) is 181 Å². The summed E-state index contributed by atoms with van der Waals surface area (Å²) in [5.41, 5.74) is 0. The van der Waals surface area contributed by atoms with Gasteiger partial charge >= 0.3 is 5.97 Å². The summed E-state index contributed by atoms with van der Waals surface area (Å²) in [7, 11) is 5.85. The first-order chi connectivity index (χ1) is 23.3. The molecule has 0 bridgehead atoms. The number of rotatable bonds is 35. The first-order valence-corrected chi connectivity index (χ1v) is 21.4. The predicted molar refractivity (Wildman–Crippen MR) is 208 cm³/mol. The molecule has 0 aromatic carbocycles. The Morgan fingerprint density at radius 3 is 1.58 bits per heavy atom. The molecule has 0 aliphatic rings. The van der Waals surface area contributed by atoms with Crippen molar-refractivity contribution >= 4 is 29.5 Å². The highest BCUT2D eigenvalue weighted by Gasteiger charge is 2.27. The Morgan fingerprint density at radius 2 is 1.08 bits per heavy atom. The Kier molecular flexibility index (Phi) is 33.3. The van der Waals surface area contributed by atoms with Crippen LogP contribution in [0.15, 0.2) is 0 Å². The molecule has 0 spiro atoms. The van der Waals surface area contributed by atoms with Crippen molar-refractivity contribution in [2.75, 3.05) is 52.3 Å². The molecule has 0 aromatic rings. The molecule has 284 valence electrons. The Morgan fingerprint density at radius 1 is 0.604 bits per heavy atom. The topological polar surface area (TPSA) is 78.9 Å². The van der Waals surface area contributed by atoms with E-state index in [2.05, 4.69) is 31.0 Å². The van der Waals surface area contributed by atoms with Crippen molar-refractivity contribution in [3.05, 3.63) is 0 Å². The van der Waals surface area contributed by atoms with Crippen LogP contribution in [0.5, 0.6) is 0 Å². The van der Waals surface area contributed by atoms with Crippen LogP contribution in [0, 0.1) is 5.92 Å². The number of esters is 1. The molecule has 0 aliphatic heterocycles. The molecular weight excluding hydrogens is 619 g/mol. The van der Waals surface area contributed by atoms with Crippen LogP contribution in [0.2, 0.25) is 0 Å². The van der Waals surface area contributed by atoms with E-state index in [1.54, 1.807) is 16.7 Å². The second-order valence-electron chi connectivity index (χ2n) is 14.3. The number of ether oxygens (including phenoxy) is 1. The van der Waals surface area contributed by atoms with Gasteiger partial charge in [-0.1, -0.05) is 143 Å². The van der Waals surface area contributed by atoms with Crippen molar-refractivity contribution in [3.63, 3.8) is 0 Å². The molecule has 0 aliphatic carbocycles. The minimum Gasteiger partial charge on any atom is -0.466 e. The van der Waals surface area contributed by atoms with Gasteiger partial charge in [0.2, 0.25) is 11.8 Å². The number of carbonyl (C=O) groups is 3. The van der Waals surface area contributed by atoms with Crippen LogP contribution in [0.3, 0.4) is 0 Å². The molecule has 8 heteroatoms. The largest absolute Gasteiger partial charge is 0.466 e. The zero-order valence-electron chi connectivity index (χ0n) is 32.6. The van der Waals surface area contributed by atoms with Gasteiger partial charge in [-0.3, -0.25) is 14.4 Å². The number of thioether (sulfide) groups is 1. The van der Waals surface area contributed by atoms with Crippen LogP contribution in [0.25, 0.3) is 0 Å². The summed E-state index contributed by atoms with van der Waals surface area (Å²) in [4.78, 5) is 43.4. The highest BCUT2D eigenvalue weighted by molar-refractivity contribution is 7.99. The van der Waals surface area contributed by atoms with E-state index in [-0.39, 0.29) is 23.7 Å². The summed E-state index contributed by atoms with van der Waals surface area (Å²) in [6, 6.07) is -0.539. The predicted octanol–water partition coefficient (Wildman–Crippen LogP) is 9.81. The normalized spacial score (nSPS) is 12.6. The average Bonchev–Trinajstić information content (AvgIpc) is 3.07. The molecule has 0 saturated carbocycles. The Bertz CT molecular complexity index is 767. The van der Waals surface area contributed by atoms with Gasteiger partial charge in [0, 0.05) is 31.8 Å². The minimum absolute atomic E-state index is 0.0189. The van der Waals surface area contributed by atoms with Gasteiger partial charge in [-0.2, -0.15) is 11.8 Å². The monoisotopic (exact) mass is 698 g/mol. The van der Waals surface area contributed by atoms with Crippen LogP contribution in [-0.4, -0.2) is 86.0 Å². The number of likely N-dealkylation sites (N-methyl/N-ethyl adjacent to an activating group) is 2. The Labute approximate surface area is 302 Å². The molecule has 48 heavy (non-hydrogen) atoms. The molecule has 0 saturated heterocycles. The van der Waals surface area contributed by atoms with Gasteiger partial charge in [-0.05, 0) is 45.5 Å². The third-order valence-electron chi connectivity index (χ3n) is 9.32. The summed E-state index contributed by atoms with van der Waals surface area (Å²) in [6.45, 7) is 8.61. The molecule has 0 fully saturated rings. The summed E-state index contributed by atoms with van der Waals surface area (Å²) in [6.07, 6.45) is 27.1. The maximum absolute atomic E-state index is 13.8. The fourth-order valence-corrected chi connectivity index (χ4v) is 6.89. The van der Waals surface area contributed by atoms with Crippen LogP contribution in [0.4, 0.5) is 0 Å². The van der Waals surface area contributed by atoms with Crippen LogP contribution >= 0.6 is 11.8 Å². The second-order valence-corrected chi connectivity index (χ2v) is 15.5. The van der Waals surface area contributed by atoms with Gasteiger partial charge in [-0.15, -0.1) is 0 Å². The maximum Gasteiger partial charge on any atom is 0.306 e. The molecule has 2 atom stereocenters. The van der Waals surface area contributed by atoms with Gasteiger partial charge in [0.25, 0.3) is 0 Å². The van der Waals surface area contributed by atoms with Gasteiger partial charge < -0.3 is 19.9 Å². The quantitative estimate of drug-likeness (QED) is 0.0525. The van der Waals surface area contributed by atoms with Crippen LogP contribution in [0.1, 0.15) is 175 Å². The maximum atomic E-state index is 13.8. The van der Waals surface area contributed by atoms with E-state index >= 15 is 0 Å². The molecule has 1 N–H and O–H groups in total. The van der Waals surface area contributed by atoms with E-state index in [4.69, 9.17) is 4.74 Å². The first kappa shape index (κ1) is 46.7. The molecule has 0 radical (unpaired) electrons. The number of unbranched alkanes of at least 4 members (excludes halogenated alkanes) is 17. The zero-order valence-corrected chi connectivity index (χ0v) is 33.4. The number of carbonyl (C=O) groups excluding carboxylic acids is 3. The second kappa shape index (κ2) is 34.2. The van der Waals surface area contributed by atoms with Crippen molar-refractivity contribution in [3.8, 4) is 0 Å². The van der Waals surface area contributed by atoms with E-state index < -0.39 is 6.04 Å². The van der Waals surface area contributed by atoms with E-state index in [0.717, 1.165) is 45.1 Å². The summed E-state index contributed by atoms with van der Waals surface area (Å²) in [5.74, 6) is 1.23. The highest BCUT2D eigenvalue weighted by Crippen LogP contribution is 2.21. The van der Waals surface area contributed by atoms with Crippen molar-refractivity contribution < 1.29 is 19.1 Å². The SMILES string of the molecule is CCCCCCCCCCC(CCCCCCCC)C(=O)NC(CCSCCC(=O)OCCCCCCCC)C(=O)N(C)CCN(C)C. The molecule has 0 rings (SSSR count). The molecule has 0 heterocycles. The van der Waals surface area contributed by atoms with E-state index in [1.807, 2.05) is 21.1 Å². The number of hydrogen-bond donors (Lipinski definition) is 1. The smallest absolute Gasteiger partial charge is 0.306 e. The summed E-state index contributed by atoms with van der Waals surface area (Å²) < 4.78 is 5.43. The van der Waals surface area contributed by atoms with Crippen molar-refractivity contribution in [1.29, 1.82) is 0 Å². The standard InChI is InChI=1S/C40H79N3O4S/c1-7-10-13-16-19-20-22-25-28-36(27-24-21-17-14-11-8-2)39(45)41-37(40(46)43(6)32-31-42(4)5)29-34-48-35-30-38(44)47-33-26-23-18-15-12-9-3/h36-37H,7-35H2,1-6H3,(H,41,45). The van der Waals surface area contributed by atoms with E-state index in [0.29, 0.717) is 37.5 Å². The van der Waals surface area contributed by atoms with Crippen LogP contribution in [-0.2, 0) is 19.1 Å². The molecule has 7 nitrogen and oxygen atoms in total. The summed E-state index contributed by atoms with van der Waals surface area (Å²) >= 11 is 1.66. The van der Waals surface area contributed by atoms with Crippen molar-refractivity contribution in [2.24, 2.45) is 5.92 Å². The minimum atomic E-state index is -0.539. The Balaban J connectivity index is 5.03. The average molecular weight is 698 g/mol. The number of amides is 2. The van der Waals surface area contributed by atoms with Gasteiger partial charge in [0.1, 0.15) is 6.04 Å². The lowest BCUT2D eigenvalue weighted by Gasteiger charge is -2.27. The third kappa shape index (κ3) is 28.5. The fourth-order valence-electron chi connectivity index (χ4n) is 5.97. The molecule has 2 unspecified atom stereocenters. The lowest BCUT2D eigenvalue weighted by molar-refractivity contribution is -0.143. The molecule has 2 amide bonds. The third-order valence-corrected chi connectivity index (χ3v) is 10.3. The lowest BCUT2D eigenvalue weighted by Crippen LogP contribution is -2.50. The summed E-state index contributed by atoms with van der Waals surface area (Å²) in [5, 5.41) is 3.23. The van der Waals surface area contributed by atoms with E-state index in [9.17, 15) is 14.4 Å².